The fourth-order valence-electron chi connectivity index (χ4n) is 1.12. The maximum Gasteiger partial charge on any atom is 0.359 e. The maximum absolute atomic E-state index is 11.4. The van der Waals surface area contributed by atoms with Crippen molar-refractivity contribution in [2.24, 2.45) is 0 Å². The van der Waals surface area contributed by atoms with Crippen molar-refractivity contribution < 1.29 is 9.53 Å². The number of ether oxygens (including phenoxy) is 1. The third-order valence-electron chi connectivity index (χ3n) is 1.69. The van der Waals surface area contributed by atoms with E-state index in [2.05, 4.69) is 19.9 Å². The molecule has 1 N–H and O–H groups in total. The summed E-state index contributed by atoms with van der Waals surface area (Å²) in [5.41, 5.74) is 1.18. The monoisotopic (exact) mass is 192 g/mol. The van der Waals surface area contributed by atoms with Crippen molar-refractivity contribution in [3.63, 3.8) is 0 Å². The highest BCUT2D eigenvalue weighted by atomic mass is 16.5. The van der Waals surface area contributed by atoms with Gasteiger partial charge >= 0.3 is 5.97 Å². The Balaban J connectivity index is 2.50. The lowest BCUT2D eigenvalue weighted by Crippen LogP contribution is -2.08. The van der Waals surface area contributed by atoms with Crippen LogP contribution in [0.5, 0.6) is 0 Å². The summed E-state index contributed by atoms with van der Waals surface area (Å²) in [5.74, 6) is -0.468. The molecule has 6 heteroatoms. The number of aromatic nitrogens is 4. The van der Waals surface area contributed by atoms with Gasteiger partial charge in [-0.05, 0) is 6.92 Å². The van der Waals surface area contributed by atoms with Crippen LogP contribution in [0.1, 0.15) is 17.4 Å². The normalized spacial score (nSPS) is 10.4. The summed E-state index contributed by atoms with van der Waals surface area (Å²) in [6.45, 7) is 2.06. The first-order valence-electron chi connectivity index (χ1n) is 4.14. The molecule has 0 unspecified atom stereocenters. The van der Waals surface area contributed by atoms with Crippen LogP contribution < -0.4 is 0 Å². The molecule has 0 aromatic carbocycles. The lowest BCUT2D eigenvalue weighted by molar-refractivity contribution is 0.0521. The van der Waals surface area contributed by atoms with Gasteiger partial charge in [0.1, 0.15) is 11.8 Å². The first kappa shape index (κ1) is 8.61. The van der Waals surface area contributed by atoms with E-state index in [1.807, 2.05) is 0 Å². The number of fused-ring (bicyclic) bond motifs is 1. The fourth-order valence-corrected chi connectivity index (χ4v) is 1.12. The zero-order valence-corrected chi connectivity index (χ0v) is 7.52. The van der Waals surface area contributed by atoms with Gasteiger partial charge in [0.2, 0.25) is 0 Å². The van der Waals surface area contributed by atoms with Crippen molar-refractivity contribution in [3.05, 3.63) is 18.3 Å². The second-order valence-electron chi connectivity index (χ2n) is 2.54. The highest BCUT2D eigenvalue weighted by Gasteiger charge is 2.14. The minimum Gasteiger partial charge on any atom is -0.461 e. The predicted octanol–water partition coefficient (Wildman–Crippen LogP) is 0.530. The van der Waals surface area contributed by atoms with Crippen LogP contribution in [-0.2, 0) is 4.74 Å². The molecular weight excluding hydrogens is 184 g/mol. The number of carbonyl (C=O) groups is 1. The molecule has 0 fully saturated rings. The third-order valence-corrected chi connectivity index (χ3v) is 1.69. The molecule has 0 aliphatic heterocycles. The minimum absolute atomic E-state index is 0.217. The van der Waals surface area contributed by atoms with Crippen molar-refractivity contribution in [1.82, 2.24) is 19.9 Å². The van der Waals surface area contributed by atoms with E-state index >= 15 is 0 Å². The van der Waals surface area contributed by atoms with Crippen molar-refractivity contribution in [1.29, 1.82) is 0 Å². The minimum atomic E-state index is -0.468. The molecule has 2 rings (SSSR count). The van der Waals surface area contributed by atoms with Gasteiger partial charge in [-0.15, -0.1) is 0 Å². The van der Waals surface area contributed by atoms with E-state index in [1.54, 1.807) is 6.92 Å². The number of imidazole rings is 1. The Morgan fingerprint density at radius 2 is 2.36 bits per heavy atom. The Labute approximate surface area is 79.4 Å². The number of rotatable bonds is 2. The standard InChI is InChI=1S/C8H8N4O2/c1-2-14-8(13)6-5-7(11-3-9-5)12-4-10-6/h3-4H,2H2,1H3,(H,9,10,11,12). The number of carbonyl (C=O) groups excluding carboxylic acids is 1. The molecule has 2 heterocycles. The largest absolute Gasteiger partial charge is 0.461 e. The molecular formula is C8H8N4O2. The van der Waals surface area contributed by atoms with E-state index in [4.69, 9.17) is 4.74 Å². The van der Waals surface area contributed by atoms with Crippen LogP contribution in [0.4, 0.5) is 0 Å². The molecule has 6 nitrogen and oxygen atoms in total. The van der Waals surface area contributed by atoms with Crippen LogP contribution >= 0.6 is 0 Å². The number of esters is 1. The second-order valence-corrected chi connectivity index (χ2v) is 2.54. The molecule has 0 saturated heterocycles. The average molecular weight is 192 g/mol. The third kappa shape index (κ3) is 1.30. The molecule has 0 spiro atoms. The fraction of sp³-hybridized carbons (Fsp3) is 0.250. The van der Waals surface area contributed by atoms with Crippen molar-refractivity contribution in [2.45, 2.75) is 6.92 Å². The number of hydrogen-bond acceptors (Lipinski definition) is 5. The Morgan fingerprint density at radius 3 is 3.14 bits per heavy atom. The smallest absolute Gasteiger partial charge is 0.359 e. The molecule has 0 aliphatic carbocycles. The van der Waals surface area contributed by atoms with E-state index in [0.29, 0.717) is 17.8 Å². The Bertz CT molecular complexity index is 465. The first-order valence-corrected chi connectivity index (χ1v) is 4.14. The predicted molar refractivity (Wildman–Crippen MR) is 47.6 cm³/mol. The summed E-state index contributed by atoms with van der Waals surface area (Å²) >= 11 is 0. The average Bonchev–Trinajstić information content (AvgIpc) is 2.65. The van der Waals surface area contributed by atoms with Gasteiger partial charge in [-0.3, -0.25) is 0 Å². The second kappa shape index (κ2) is 3.41. The number of H-pyrrole nitrogens is 1. The lowest BCUT2D eigenvalue weighted by atomic mass is 10.3. The summed E-state index contributed by atoms with van der Waals surface area (Å²) < 4.78 is 4.83. The van der Waals surface area contributed by atoms with Gasteiger partial charge in [0.05, 0.1) is 12.9 Å². The van der Waals surface area contributed by atoms with Gasteiger partial charge < -0.3 is 9.72 Å². The quantitative estimate of drug-likeness (QED) is 0.702. The van der Waals surface area contributed by atoms with E-state index < -0.39 is 5.97 Å². The summed E-state index contributed by atoms with van der Waals surface area (Å²) in [6.07, 6.45) is 2.75. The summed E-state index contributed by atoms with van der Waals surface area (Å²) in [6, 6.07) is 0. The van der Waals surface area contributed by atoms with Crippen molar-refractivity contribution >= 4 is 17.1 Å². The topological polar surface area (TPSA) is 80.8 Å². The van der Waals surface area contributed by atoms with Gasteiger partial charge in [-0.2, -0.15) is 0 Å². The summed E-state index contributed by atoms with van der Waals surface area (Å²) in [5, 5.41) is 0. The number of aromatic amines is 1. The van der Waals surface area contributed by atoms with Gasteiger partial charge in [0.15, 0.2) is 11.3 Å². The first-order chi connectivity index (χ1) is 6.83. The number of hydrogen-bond donors (Lipinski definition) is 1. The molecule has 2 aromatic rings. The van der Waals surface area contributed by atoms with Gasteiger partial charge in [-0.1, -0.05) is 0 Å². The number of nitrogens with one attached hydrogen (secondary N) is 1. The van der Waals surface area contributed by atoms with Gasteiger partial charge in [0, 0.05) is 0 Å². The Kier molecular flexibility index (Phi) is 2.10. The van der Waals surface area contributed by atoms with Crippen molar-refractivity contribution in [3.8, 4) is 0 Å². The molecule has 14 heavy (non-hydrogen) atoms. The van der Waals surface area contributed by atoms with Crippen LogP contribution in [0.2, 0.25) is 0 Å². The van der Waals surface area contributed by atoms with Crippen LogP contribution in [-0.4, -0.2) is 32.5 Å². The summed E-state index contributed by atoms with van der Waals surface area (Å²) in [4.78, 5) is 25.8. The highest BCUT2D eigenvalue weighted by Crippen LogP contribution is 2.09. The maximum atomic E-state index is 11.4. The van der Waals surface area contributed by atoms with Crippen LogP contribution in [0.15, 0.2) is 12.7 Å². The number of nitrogens with zero attached hydrogens (tertiary/aromatic N) is 3. The van der Waals surface area contributed by atoms with E-state index in [-0.39, 0.29) is 5.69 Å². The van der Waals surface area contributed by atoms with E-state index in [9.17, 15) is 4.79 Å². The molecule has 0 aliphatic rings. The highest BCUT2D eigenvalue weighted by molar-refractivity contribution is 5.98. The van der Waals surface area contributed by atoms with Crippen LogP contribution in [0, 0.1) is 0 Å². The van der Waals surface area contributed by atoms with E-state index in [0.717, 1.165) is 0 Å². The molecule has 0 atom stereocenters. The molecule has 0 amide bonds. The summed E-state index contributed by atoms with van der Waals surface area (Å²) in [7, 11) is 0. The van der Waals surface area contributed by atoms with Gasteiger partial charge in [0.25, 0.3) is 0 Å². The van der Waals surface area contributed by atoms with E-state index in [1.165, 1.54) is 12.7 Å². The lowest BCUT2D eigenvalue weighted by Gasteiger charge is -2.00. The molecule has 72 valence electrons. The van der Waals surface area contributed by atoms with Crippen LogP contribution in [0.25, 0.3) is 11.2 Å². The van der Waals surface area contributed by atoms with Crippen molar-refractivity contribution in [2.75, 3.05) is 6.61 Å². The molecule has 0 radical (unpaired) electrons. The SMILES string of the molecule is CCOC(=O)c1ncnc2nc[nH]c12. The zero-order valence-electron chi connectivity index (χ0n) is 7.52. The Morgan fingerprint density at radius 1 is 1.50 bits per heavy atom. The zero-order chi connectivity index (χ0) is 9.97. The van der Waals surface area contributed by atoms with Gasteiger partial charge in [-0.25, -0.2) is 19.7 Å². The molecule has 2 aromatic heterocycles. The van der Waals surface area contributed by atoms with Crippen LogP contribution in [0.3, 0.4) is 0 Å². The molecule has 0 bridgehead atoms. The molecule has 0 saturated carbocycles. The Hall–Kier alpha value is -1.98.